The molecule has 2 aromatic rings. The maximum Gasteiger partial charge on any atom is 0.344 e. The van der Waals surface area contributed by atoms with Gasteiger partial charge in [0.15, 0.2) is 6.61 Å². The van der Waals surface area contributed by atoms with Gasteiger partial charge in [-0.3, -0.25) is 0 Å². The normalized spacial score (nSPS) is 10.2. The van der Waals surface area contributed by atoms with E-state index < -0.39 is 5.97 Å². The molecule has 0 aliphatic rings. The summed E-state index contributed by atoms with van der Waals surface area (Å²) in [5.41, 5.74) is 6.20. The van der Waals surface area contributed by atoms with Crippen molar-refractivity contribution in [1.82, 2.24) is 0 Å². The van der Waals surface area contributed by atoms with Gasteiger partial charge in [0.1, 0.15) is 12.4 Å². The maximum absolute atomic E-state index is 11.5. The molecule has 0 saturated carbocycles. The van der Waals surface area contributed by atoms with Crippen molar-refractivity contribution in [2.24, 2.45) is 0 Å². The fraction of sp³-hybridized carbons (Fsp3) is 0.154. The zero-order valence-corrected chi connectivity index (χ0v) is 12.4. The van der Waals surface area contributed by atoms with Crippen LogP contribution in [0.4, 0.5) is 5.69 Å². The number of nitrogen functional groups attached to an aromatic ring is 1. The first kappa shape index (κ1) is 13.9. The molecule has 1 aromatic carbocycles. The molecule has 0 aliphatic heterocycles. The van der Waals surface area contributed by atoms with Gasteiger partial charge in [-0.25, -0.2) is 4.79 Å². The SMILES string of the molecule is Nc1cccc(OCC(=O)OCc2sccc2Br)c1. The fourth-order valence-electron chi connectivity index (χ4n) is 1.36. The van der Waals surface area contributed by atoms with E-state index in [0.29, 0.717) is 11.4 Å². The molecule has 0 unspecified atom stereocenters. The van der Waals surface area contributed by atoms with E-state index in [0.717, 1.165) is 9.35 Å². The highest BCUT2D eigenvalue weighted by atomic mass is 79.9. The van der Waals surface area contributed by atoms with E-state index in [-0.39, 0.29) is 13.2 Å². The molecule has 6 heteroatoms. The number of hydrogen-bond donors (Lipinski definition) is 1. The van der Waals surface area contributed by atoms with Gasteiger partial charge in [-0.2, -0.15) is 0 Å². The van der Waals surface area contributed by atoms with Gasteiger partial charge in [0.05, 0.1) is 4.88 Å². The summed E-state index contributed by atoms with van der Waals surface area (Å²) in [4.78, 5) is 12.5. The summed E-state index contributed by atoms with van der Waals surface area (Å²) < 4.78 is 11.3. The Hall–Kier alpha value is -1.53. The number of nitrogens with two attached hydrogens (primary N) is 1. The quantitative estimate of drug-likeness (QED) is 0.670. The van der Waals surface area contributed by atoms with Crippen LogP contribution in [0.5, 0.6) is 5.75 Å². The highest BCUT2D eigenvalue weighted by Crippen LogP contribution is 2.23. The number of carbonyl (C=O) groups excluding carboxylic acids is 1. The van der Waals surface area contributed by atoms with E-state index in [1.54, 1.807) is 24.3 Å². The van der Waals surface area contributed by atoms with Crippen LogP contribution >= 0.6 is 27.3 Å². The third-order valence-corrected chi connectivity index (χ3v) is 4.17. The van der Waals surface area contributed by atoms with E-state index in [1.807, 2.05) is 11.4 Å². The summed E-state index contributed by atoms with van der Waals surface area (Å²) in [7, 11) is 0. The molecular weight excluding hydrogens is 330 g/mol. The van der Waals surface area contributed by atoms with Crippen molar-refractivity contribution < 1.29 is 14.3 Å². The second kappa shape index (κ2) is 6.58. The zero-order valence-electron chi connectivity index (χ0n) is 9.97. The fourth-order valence-corrected chi connectivity index (χ4v) is 2.74. The number of ether oxygens (including phenoxy) is 2. The highest BCUT2D eigenvalue weighted by Gasteiger charge is 2.07. The Bertz CT molecular complexity index is 571. The minimum atomic E-state index is -0.414. The molecule has 0 fully saturated rings. The maximum atomic E-state index is 11.5. The molecular formula is C13H12BrNO3S. The standard InChI is InChI=1S/C13H12BrNO3S/c14-11-4-5-19-12(11)7-18-13(16)8-17-10-3-1-2-9(15)6-10/h1-6H,7-8,15H2. The number of thiophene rings is 1. The third kappa shape index (κ3) is 4.25. The van der Waals surface area contributed by atoms with Gasteiger partial charge in [0.2, 0.25) is 0 Å². The second-order valence-corrected chi connectivity index (χ2v) is 5.57. The largest absolute Gasteiger partial charge is 0.482 e. The number of esters is 1. The molecule has 0 saturated heterocycles. The second-order valence-electron chi connectivity index (χ2n) is 3.71. The predicted octanol–water partition coefficient (Wildman–Crippen LogP) is 3.22. The van der Waals surface area contributed by atoms with Crippen LogP contribution in [0.2, 0.25) is 0 Å². The van der Waals surface area contributed by atoms with Gasteiger partial charge in [-0.15, -0.1) is 11.3 Å². The van der Waals surface area contributed by atoms with E-state index in [2.05, 4.69) is 15.9 Å². The molecule has 0 bridgehead atoms. The van der Waals surface area contributed by atoms with Crippen LogP contribution in [0.25, 0.3) is 0 Å². The van der Waals surface area contributed by atoms with Crippen LogP contribution in [-0.2, 0) is 16.1 Å². The summed E-state index contributed by atoms with van der Waals surface area (Å²) in [6, 6.07) is 8.82. The van der Waals surface area contributed by atoms with Crippen molar-refractivity contribution in [1.29, 1.82) is 0 Å². The van der Waals surface area contributed by atoms with Gasteiger partial charge in [0, 0.05) is 16.2 Å². The smallest absolute Gasteiger partial charge is 0.344 e. The zero-order chi connectivity index (χ0) is 13.7. The first-order valence-electron chi connectivity index (χ1n) is 5.51. The Morgan fingerprint density at radius 1 is 1.37 bits per heavy atom. The molecule has 0 spiro atoms. The lowest BCUT2D eigenvalue weighted by molar-refractivity contribution is -0.147. The van der Waals surface area contributed by atoms with Crippen molar-refractivity contribution in [3.05, 3.63) is 45.1 Å². The lowest BCUT2D eigenvalue weighted by Crippen LogP contribution is -2.14. The van der Waals surface area contributed by atoms with Gasteiger partial charge >= 0.3 is 5.97 Å². The van der Waals surface area contributed by atoms with Crippen LogP contribution < -0.4 is 10.5 Å². The molecule has 0 atom stereocenters. The summed E-state index contributed by atoms with van der Waals surface area (Å²) >= 11 is 4.90. The van der Waals surface area contributed by atoms with Crippen LogP contribution in [0.3, 0.4) is 0 Å². The van der Waals surface area contributed by atoms with Crippen LogP contribution in [0, 0.1) is 0 Å². The molecule has 19 heavy (non-hydrogen) atoms. The average Bonchev–Trinajstić information content (AvgIpc) is 2.80. The topological polar surface area (TPSA) is 61.5 Å². The summed E-state index contributed by atoms with van der Waals surface area (Å²) in [5, 5.41) is 1.93. The Balaban J connectivity index is 1.77. The van der Waals surface area contributed by atoms with Crippen LogP contribution in [0.15, 0.2) is 40.2 Å². The highest BCUT2D eigenvalue weighted by molar-refractivity contribution is 9.10. The molecule has 1 heterocycles. The van der Waals surface area contributed by atoms with Gasteiger partial charge < -0.3 is 15.2 Å². The first-order valence-corrected chi connectivity index (χ1v) is 7.18. The van der Waals surface area contributed by atoms with Crippen molar-refractivity contribution in [3.63, 3.8) is 0 Å². The van der Waals surface area contributed by atoms with Gasteiger partial charge in [-0.05, 0) is 39.5 Å². The Morgan fingerprint density at radius 2 is 2.21 bits per heavy atom. The molecule has 0 aliphatic carbocycles. The minimum absolute atomic E-state index is 0.132. The van der Waals surface area contributed by atoms with Crippen molar-refractivity contribution in [2.45, 2.75) is 6.61 Å². The monoisotopic (exact) mass is 341 g/mol. The predicted molar refractivity (Wildman–Crippen MR) is 78.2 cm³/mol. The summed E-state index contributed by atoms with van der Waals surface area (Å²) in [5.74, 6) is 0.136. The summed E-state index contributed by atoms with van der Waals surface area (Å²) in [6.45, 7) is 0.115. The molecule has 0 amide bonds. The van der Waals surface area contributed by atoms with Crippen molar-refractivity contribution >= 4 is 38.9 Å². The third-order valence-electron chi connectivity index (χ3n) is 2.27. The molecule has 2 N–H and O–H groups in total. The first-order chi connectivity index (χ1) is 9.15. The Morgan fingerprint density at radius 3 is 2.89 bits per heavy atom. The molecule has 4 nitrogen and oxygen atoms in total. The molecule has 1 aromatic heterocycles. The Kier molecular flexibility index (Phi) is 4.81. The lowest BCUT2D eigenvalue weighted by atomic mass is 10.3. The minimum Gasteiger partial charge on any atom is -0.482 e. The van der Waals surface area contributed by atoms with Crippen molar-refractivity contribution in [2.75, 3.05) is 12.3 Å². The number of halogens is 1. The van der Waals surface area contributed by atoms with E-state index in [1.165, 1.54) is 11.3 Å². The number of benzene rings is 1. The van der Waals surface area contributed by atoms with Gasteiger partial charge in [-0.1, -0.05) is 6.07 Å². The number of hydrogen-bond acceptors (Lipinski definition) is 5. The lowest BCUT2D eigenvalue weighted by Gasteiger charge is -2.07. The van der Waals surface area contributed by atoms with Crippen LogP contribution in [-0.4, -0.2) is 12.6 Å². The van der Waals surface area contributed by atoms with Gasteiger partial charge in [0.25, 0.3) is 0 Å². The number of carbonyl (C=O) groups is 1. The van der Waals surface area contributed by atoms with E-state index >= 15 is 0 Å². The molecule has 2 rings (SSSR count). The Labute approximate surface area is 123 Å². The van der Waals surface area contributed by atoms with Crippen LogP contribution in [0.1, 0.15) is 4.88 Å². The number of anilines is 1. The van der Waals surface area contributed by atoms with Crippen molar-refractivity contribution in [3.8, 4) is 5.75 Å². The summed E-state index contributed by atoms with van der Waals surface area (Å²) in [6.07, 6.45) is 0. The van der Waals surface area contributed by atoms with E-state index in [9.17, 15) is 4.79 Å². The number of rotatable bonds is 5. The molecule has 0 radical (unpaired) electrons. The average molecular weight is 342 g/mol. The molecule has 100 valence electrons. The van der Waals surface area contributed by atoms with E-state index in [4.69, 9.17) is 15.2 Å².